The lowest BCUT2D eigenvalue weighted by Crippen LogP contribution is -2.27. The number of carbonyl (C=O) groups is 1. The summed E-state index contributed by atoms with van der Waals surface area (Å²) in [6, 6.07) is 17.9. The van der Waals surface area contributed by atoms with E-state index in [0.717, 1.165) is 38.9 Å². The third-order valence-electron chi connectivity index (χ3n) is 6.45. The van der Waals surface area contributed by atoms with Gasteiger partial charge in [-0.2, -0.15) is 4.31 Å². The van der Waals surface area contributed by atoms with Gasteiger partial charge in [-0.25, -0.2) is 13.1 Å². The van der Waals surface area contributed by atoms with Gasteiger partial charge in [-0.1, -0.05) is 47.7 Å². The van der Waals surface area contributed by atoms with E-state index in [1.54, 1.807) is 42.1 Å². The fraction of sp³-hybridized carbons (Fsp3) is 0.269. The van der Waals surface area contributed by atoms with Crippen LogP contribution in [0.4, 0.5) is 0 Å². The van der Waals surface area contributed by atoms with Crippen molar-refractivity contribution < 1.29 is 18.3 Å². The van der Waals surface area contributed by atoms with Crippen LogP contribution in [0.25, 0.3) is 11.0 Å². The lowest BCUT2D eigenvalue weighted by Gasteiger charge is -2.22. The fourth-order valence-corrected chi connectivity index (χ4v) is 5.55. The first-order valence-electron chi connectivity index (χ1n) is 11.2. The molecule has 1 heterocycles. The molecule has 0 bridgehead atoms. The summed E-state index contributed by atoms with van der Waals surface area (Å²) in [6.07, 6.45) is -0.104. The van der Waals surface area contributed by atoms with Crippen molar-refractivity contribution >= 4 is 27.0 Å². The van der Waals surface area contributed by atoms with Crippen LogP contribution in [-0.2, 0) is 28.4 Å². The van der Waals surface area contributed by atoms with Crippen molar-refractivity contribution in [2.45, 2.75) is 37.6 Å². The Morgan fingerprint density at radius 1 is 1.09 bits per heavy atom. The molecule has 182 valence electrons. The average Bonchev–Trinajstić information content (AvgIpc) is 3.21. The molecule has 1 atom stereocenters. The van der Waals surface area contributed by atoms with Crippen molar-refractivity contribution in [2.75, 3.05) is 7.05 Å². The molecule has 0 aliphatic carbocycles. The van der Waals surface area contributed by atoms with Gasteiger partial charge in [0.15, 0.2) is 0 Å². The lowest BCUT2D eigenvalue weighted by molar-refractivity contribution is -0.137. The smallest absolute Gasteiger partial charge is 0.304 e. The lowest BCUT2D eigenvalue weighted by atomic mass is 9.84. The molecule has 0 fully saturated rings. The van der Waals surface area contributed by atoms with Crippen LogP contribution in [0.3, 0.4) is 0 Å². The molecule has 1 N–H and O–H groups in total. The number of sulfonamides is 1. The van der Waals surface area contributed by atoms with Gasteiger partial charge >= 0.3 is 5.97 Å². The van der Waals surface area contributed by atoms with E-state index in [1.807, 2.05) is 51.2 Å². The molecule has 0 spiro atoms. The maximum Gasteiger partial charge on any atom is 0.304 e. The Hall–Kier alpha value is -3.56. The number of rotatable bonds is 8. The maximum atomic E-state index is 13.0. The number of carboxylic acid groups (broad SMARTS) is 1. The molecular formula is C26H28N4O4S. The maximum absolute atomic E-state index is 13.0. The van der Waals surface area contributed by atoms with Crippen LogP contribution in [0.2, 0.25) is 0 Å². The third kappa shape index (κ3) is 4.82. The number of aromatic nitrogens is 3. The Kier molecular flexibility index (Phi) is 6.73. The molecule has 0 radical (unpaired) electrons. The molecule has 0 saturated heterocycles. The van der Waals surface area contributed by atoms with Crippen molar-refractivity contribution in [3.8, 4) is 0 Å². The first kappa shape index (κ1) is 24.6. The van der Waals surface area contributed by atoms with Crippen LogP contribution < -0.4 is 0 Å². The number of nitrogens with zero attached hydrogens (tertiary/aromatic N) is 4. The molecule has 0 unspecified atom stereocenters. The van der Waals surface area contributed by atoms with Gasteiger partial charge in [0.2, 0.25) is 10.0 Å². The summed E-state index contributed by atoms with van der Waals surface area (Å²) in [7, 11) is -0.299. The second-order valence-electron chi connectivity index (χ2n) is 8.77. The molecule has 4 rings (SSSR count). The normalized spacial score (nSPS) is 12.8. The Balaban J connectivity index is 1.73. The van der Waals surface area contributed by atoms with E-state index in [4.69, 9.17) is 0 Å². The molecule has 8 nitrogen and oxygen atoms in total. The van der Waals surface area contributed by atoms with Gasteiger partial charge < -0.3 is 5.11 Å². The second-order valence-corrected chi connectivity index (χ2v) is 10.8. The monoisotopic (exact) mass is 492 g/mol. The van der Waals surface area contributed by atoms with Gasteiger partial charge in [0.25, 0.3) is 0 Å². The highest BCUT2D eigenvalue weighted by molar-refractivity contribution is 7.89. The Bertz CT molecular complexity index is 1500. The topological polar surface area (TPSA) is 105 Å². The average molecular weight is 493 g/mol. The summed E-state index contributed by atoms with van der Waals surface area (Å²) in [5.41, 5.74) is 5.91. The molecule has 3 aromatic carbocycles. The number of hydrogen-bond acceptors (Lipinski definition) is 5. The minimum atomic E-state index is -3.67. The van der Waals surface area contributed by atoms with Crippen molar-refractivity contribution in [1.29, 1.82) is 0 Å². The molecule has 4 aromatic rings. The van der Waals surface area contributed by atoms with Crippen LogP contribution in [0.5, 0.6) is 0 Å². The Morgan fingerprint density at radius 3 is 2.49 bits per heavy atom. The molecule has 0 aliphatic rings. The highest BCUT2D eigenvalue weighted by Gasteiger charge is 2.25. The molecule has 9 heteroatoms. The van der Waals surface area contributed by atoms with Gasteiger partial charge in [-0.15, -0.1) is 5.10 Å². The summed E-state index contributed by atoms with van der Waals surface area (Å²) in [5, 5.41) is 18.0. The number of carboxylic acids is 1. The van der Waals surface area contributed by atoms with Crippen LogP contribution in [0.15, 0.2) is 65.6 Å². The largest absolute Gasteiger partial charge is 0.481 e. The van der Waals surface area contributed by atoms with Crippen molar-refractivity contribution in [2.24, 2.45) is 7.05 Å². The van der Waals surface area contributed by atoms with Crippen molar-refractivity contribution in [1.82, 2.24) is 19.3 Å². The zero-order valence-corrected chi connectivity index (χ0v) is 21.0. The van der Waals surface area contributed by atoms with Crippen molar-refractivity contribution in [3.63, 3.8) is 0 Å². The van der Waals surface area contributed by atoms with Gasteiger partial charge in [-0.3, -0.25) is 4.79 Å². The minimum absolute atomic E-state index is 0.104. The fourth-order valence-electron chi connectivity index (χ4n) is 4.38. The van der Waals surface area contributed by atoms with Crippen LogP contribution in [-0.4, -0.2) is 45.8 Å². The quantitative estimate of drug-likeness (QED) is 0.398. The van der Waals surface area contributed by atoms with Gasteiger partial charge in [0, 0.05) is 26.6 Å². The molecular weight excluding hydrogens is 464 g/mol. The molecule has 0 aliphatic heterocycles. The summed E-state index contributed by atoms with van der Waals surface area (Å²) >= 11 is 0. The first-order chi connectivity index (χ1) is 16.6. The van der Waals surface area contributed by atoms with Gasteiger partial charge in [-0.05, 0) is 59.9 Å². The van der Waals surface area contributed by atoms with E-state index in [0.29, 0.717) is 0 Å². The summed E-state index contributed by atoms with van der Waals surface area (Å²) in [6.45, 7) is 4.01. The number of fused-ring (bicyclic) bond motifs is 1. The van der Waals surface area contributed by atoms with E-state index >= 15 is 0 Å². The van der Waals surface area contributed by atoms with Crippen molar-refractivity contribution in [3.05, 3.63) is 88.5 Å². The molecule has 35 heavy (non-hydrogen) atoms. The SMILES string of the molecule is Cc1ccc([C@H](CC(=O)O)c2ccc3c(nnn3C)c2C)cc1CN(C)S(=O)(=O)c1ccccc1. The number of aryl methyl sites for hydroxylation is 3. The molecule has 1 aromatic heterocycles. The Labute approximate surface area is 204 Å². The number of aliphatic carboxylic acids is 1. The van der Waals surface area contributed by atoms with E-state index < -0.39 is 21.9 Å². The zero-order chi connectivity index (χ0) is 25.3. The zero-order valence-electron chi connectivity index (χ0n) is 20.1. The minimum Gasteiger partial charge on any atom is -0.481 e. The number of benzene rings is 3. The van der Waals surface area contributed by atoms with Gasteiger partial charge in [0.05, 0.1) is 16.8 Å². The summed E-state index contributed by atoms with van der Waals surface area (Å²) in [5.74, 6) is -1.34. The van der Waals surface area contributed by atoms with E-state index in [-0.39, 0.29) is 17.9 Å². The predicted molar refractivity (Wildman–Crippen MR) is 134 cm³/mol. The predicted octanol–water partition coefficient (Wildman–Crippen LogP) is 4.01. The van der Waals surface area contributed by atoms with Gasteiger partial charge in [0.1, 0.15) is 5.52 Å². The van der Waals surface area contributed by atoms with Crippen LogP contribution >= 0.6 is 0 Å². The molecule has 0 amide bonds. The van der Waals surface area contributed by atoms with E-state index in [9.17, 15) is 18.3 Å². The first-order valence-corrected chi connectivity index (χ1v) is 12.6. The number of hydrogen-bond donors (Lipinski definition) is 1. The highest BCUT2D eigenvalue weighted by Crippen LogP contribution is 2.34. The molecule has 0 saturated carbocycles. The van der Waals surface area contributed by atoms with Crippen LogP contribution in [0.1, 0.15) is 40.2 Å². The van der Waals surface area contributed by atoms with E-state index in [2.05, 4.69) is 10.3 Å². The van der Waals surface area contributed by atoms with Crippen LogP contribution in [0, 0.1) is 13.8 Å². The Morgan fingerprint density at radius 2 is 1.80 bits per heavy atom. The summed E-state index contributed by atoms with van der Waals surface area (Å²) < 4.78 is 29.1. The third-order valence-corrected chi connectivity index (χ3v) is 8.27. The standard InChI is InChI=1S/C26H28N4O4S/c1-17-10-11-19(14-20(17)16-29(3)35(33,34)21-8-6-5-7-9-21)23(15-25(31)32)22-12-13-24-26(18(22)2)27-28-30(24)4/h5-14,23H,15-16H2,1-4H3,(H,31,32)/t23-/m0/s1. The van der Waals surface area contributed by atoms with E-state index in [1.165, 1.54) is 4.31 Å². The summed E-state index contributed by atoms with van der Waals surface area (Å²) in [4.78, 5) is 12.1. The second kappa shape index (κ2) is 9.59. The highest BCUT2D eigenvalue weighted by atomic mass is 32.2.